The fraction of sp³-hybridized carbons (Fsp3) is 0.200. The Morgan fingerprint density at radius 3 is 2.27 bits per heavy atom. The molecule has 0 fully saturated rings. The topological polar surface area (TPSA) is 111 Å². The molecule has 0 aliphatic rings. The van der Waals surface area contributed by atoms with Crippen molar-refractivity contribution in [2.45, 2.75) is 32.9 Å². The van der Waals surface area contributed by atoms with Crippen molar-refractivity contribution in [3.05, 3.63) is 105 Å². The van der Waals surface area contributed by atoms with Gasteiger partial charge in [-0.05, 0) is 48.2 Å². The van der Waals surface area contributed by atoms with E-state index in [4.69, 9.17) is 4.74 Å². The number of alkyl carbamates (subject to hydrolysis) is 1. The van der Waals surface area contributed by atoms with Gasteiger partial charge in [-0.15, -0.1) is 0 Å². The highest BCUT2D eigenvalue weighted by atomic mass is 16.6. The van der Waals surface area contributed by atoms with Crippen LogP contribution in [0.5, 0.6) is 0 Å². The third kappa shape index (κ3) is 6.90. The summed E-state index contributed by atoms with van der Waals surface area (Å²) in [5.74, 6) is -0.423. The van der Waals surface area contributed by atoms with Gasteiger partial charge in [-0.1, -0.05) is 48.5 Å². The second kappa shape index (κ2) is 10.9. The molecular formula is C25H25N3O5. The van der Waals surface area contributed by atoms with Gasteiger partial charge in [0.2, 0.25) is 5.91 Å². The Kier molecular flexibility index (Phi) is 7.75. The molecule has 2 amide bonds. The number of rotatable bonds is 8. The molecule has 0 spiro atoms. The van der Waals surface area contributed by atoms with Crippen molar-refractivity contribution in [1.82, 2.24) is 5.32 Å². The molecule has 170 valence electrons. The van der Waals surface area contributed by atoms with E-state index in [9.17, 15) is 19.7 Å². The molecular weight excluding hydrogens is 422 g/mol. The molecule has 3 aromatic carbocycles. The number of hydrogen-bond donors (Lipinski definition) is 2. The lowest BCUT2D eigenvalue weighted by molar-refractivity contribution is -0.384. The molecule has 0 radical (unpaired) electrons. The second-order valence-electron chi connectivity index (χ2n) is 7.67. The van der Waals surface area contributed by atoms with E-state index in [1.807, 2.05) is 56.3 Å². The van der Waals surface area contributed by atoms with Crippen LogP contribution in [0.25, 0.3) is 0 Å². The van der Waals surface area contributed by atoms with Gasteiger partial charge in [0.25, 0.3) is 5.69 Å². The molecule has 8 nitrogen and oxygen atoms in total. The van der Waals surface area contributed by atoms with E-state index in [1.54, 1.807) is 18.2 Å². The number of amides is 2. The standard InChI is InChI=1S/C25H25N3O5/c1-17-8-11-21(14-18(17)2)26-24(29)23(15-19-9-12-22(13-10-19)28(31)32)27-25(30)33-16-20-6-4-3-5-7-20/h3-14,23H,15-16H2,1-2H3,(H,26,29)(H,27,30)/t23-/m1/s1. The number of nitro groups is 1. The summed E-state index contributed by atoms with van der Waals surface area (Å²) in [6, 6.07) is 19.6. The normalized spacial score (nSPS) is 11.3. The zero-order valence-electron chi connectivity index (χ0n) is 18.4. The van der Waals surface area contributed by atoms with Gasteiger partial charge in [0.15, 0.2) is 0 Å². The van der Waals surface area contributed by atoms with Crippen LogP contribution < -0.4 is 10.6 Å². The SMILES string of the molecule is Cc1ccc(NC(=O)[C@@H](Cc2ccc([N+](=O)[O-])cc2)NC(=O)OCc2ccccc2)cc1C. The largest absolute Gasteiger partial charge is 0.445 e. The van der Waals surface area contributed by atoms with Crippen LogP contribution in [0.15, 0.2) is 72.8 Å². The molecule has 0 aromatic heterocycles. The fourth-order valence-corrected chi connectivity index (χ4v) is 3.15. The number of anilines is 1. The Hall–Kier alpha value is -4.20. The average molecular weight is 447 g/mol. The monoisotopic (exact) mass is 447 g/mol. The first kappa shape index (κ1) is 23.5. The molecule has 0 aliphatic carbocycles. The van der Waals surface area contributed by atoms with E-state index < -0.39 is 23.0 Å². The van der Waals surface area contributed by atoms with Crippen molar-refractivity contribution >= 4 is 23.4 Å². The first-order chi connectivity index (χ1) is 15.8. The van der Waals surface area contributed by atoms with Crippen LogP contribution >= 0.6 is 0 Å². The second-order valence-corrected chi connectivity index (χ2v) is 7.67. The van der Waals surface area contributed by atoms with Gasteiger partial charge < -0.3 is 15.4 Å². The number of nitrogens with zero attached hydrogens (tertiary/aromatic N) is 1. The zero-order chi connectivity index (χ0) is 23.8. The lowest BCUT2D eigenvalue weighted by atomic mass is 10.0. The van der Waals surface area contributed by atoms with Gasteiger partial charge in [-0.2, -0.15) is 0 Å². The minimum atomic E-state index is -0.948. The van der Waals surface area contributed by atoms with E-state index in [2.05, 4.69) is 10.6 Å². The first-order valence-corrected chi connectivity index (χ1v) is 10.4. The van der Waals surface area contributed by atoms with Crippen molar-refractivity contribution in [2.24, 2.45) is 0 Å². The summed E-state index contributed by atoms with van der Waals surface area (Å²) in [6.07, 6.45) is -0.601. The maximum absolute atomic E-state index is 13.0. The van der Waals surface area contributed by atoms with Crippen LogP contribution in [0.3, 0.4) is 0 Å². The van der Waals surface area contributed by atoms with Gasteiger partial charge >= 0.3 is 6.09 Å². The van der Waals surface area contributed by atoms with Crippen molar-refractivity contribution in [3.63, 3.8) is 0 Å². The molecule has 0 saturated carbocycles. The third-order valence-corrected chi connectivity index (χ3v) is 5.18. The number of hydrogen-bond acceptors (Lipinski definition) is 5. The summed E-state index contributed by atoms with van der Waals surface area (Å²) >= 11 is 0. The Morgan fingerprint density at radius 2 is 1.64 bits per heavy atom. The summed E-state index contributed by atoms with van der Waals surface area (Å²) in [7, 11) is 0. The lowest BCUT2D eigenvalue weighted by Gasteiger charge is -2.19. The summed E-state index contributed by atoms with van der Waals surface area (Å²) < 4.78 is 5.26. The van der Waals surface area contributed by atoms with Crippen LogP contribution in [0.4, 0.5) is 16.2 Å². The fourth-order valence-electron chi connectivity index (χ4n) is 3.15. The van der Waals surface area contributed by atoms with Crippen molar-refractivity contribution in [3.8, 4) is 0 Å². The van der Waals surface area contributed by atoms with Crippen LogP contribution in [0.1, 0.15) is 22.3 Å². The average Bonchev–Trinajstić information content (AvgIpc) is 2.80. The number of benzene rings is 3. The predicted molar refractivity (Wildman–Crippen MR) is 125 cm³/mol. The summed E-state index contributed by atoms with van der Waals surface area (Å²) in [4.78, 5) is 35.8. The summed E-state index contributed by atoms with van der Waals surface area (Å²) in [5.41, 5.74) is 4.15. The summed E-state index contributed by atoms with van der Waals surface area (Å²) in [5, 5.41) is 16.3. The van der Waals surface area contributed by atoms with Gasteiger partial charge in [-0.3, -0.25) is 14.9 Å². The van der Waals surface area contributed by atoms with Crippen molar-refractivity contribution in [1.29, 1.82) is 0 Å². The Balaban J connectivity index is 1.72. The minimum absolute atomic E-state index is 0.0508. The van der Waals surface area contributed by atoms with Crippen LogP contribution in [0.2, 0.25) is 0 Å². The maximum Gasteiger partial charge on any atom is 0.408 e. The van der Waals surface area contributed by atoms with E-state index in [0.29, 0.717) is 11.3 Å². The van der Waals surface area contributed by atoms with Crippen molar-refractivity contribution < 1.29 is 19.2 Å². The third-order valence-electron chi connectivity index (χ3n) is 5.18. The molecule has 33 heavy (non-hydrogen) atoms. The minimum Gasteiger partial charge on any atom is -0.445 e. The first-order valence-electron chi connectivity index (χ1n) is 10.4. The highest BCUT2D eigenvalue weighted by molar-refractivity contribution is 5.96. The number of non-ortho nitro benzene ring substituents is 1. The number of carbonyl (C=O) groups is 2. The smallest absolute Gasteiger partial charge is 0.408 e. The number of nitrogens with one attached hydrogen (secondary N) is 2. The van der Waals surface area contributed by atoms with Crippen LogP contribution in [-0.4, -0.2) is 23.0 Å². The molecule has 3 aromatic rings. The molecule has 0 heterocycles. The number of aryl methyl sites for hydroxylation is 2. The van der Waals surface area contributed by atoms with E-state index >= 15 is 0 Å². The maximum atomic E-state index is 13.0. The van der Waals surface area contributed by atoms with E-state index in [-0.39, 0.29) is 18.7 Å². The van der Waals surface area contributed by atoms with E-state index in [0.717, 1.165) is 16.7 Å². The summed E-state index contributed by atoms with van der Waals surface area (Å²) in [6.45, 7) is 3.98. The Morgan fingerprint density at radius 1 is 0.939 bits per heavy atom. The van der Waals surface area contributed by atoms with Gasteiger partial charge in [-0.25, -0.2) is 4.79 Å². The predicted octanol–water partition coefficient (Wildman–Crippen LogP) is 4.69. The molecule has 0 bridgehead atoms. The van der Waals surface area contributed by atoms with Crippen LogP contribution in [-0.2, 0) is 22.6 Å². The van der Waals surface area contributed by atoms with E-state index in [1.165, 1.54) is 12.1 Å². The molecule has 1 atom stereocenters. The highest BCUT2D eigenvalue weighted by Gasteiger charge is 2.23. The molecule has 0 unspecified atom stereocenters. The van der Waals surface area contributed by atoms with Gasteiger partial charge in [0, 0.05) is 24.2 Å². The Bertz CT molecular complexity index is 1130. The number of carbonyl (C=O) groups excluding carboxylic acids is 2. The number of nitro benzene ring substituents is 1. The van der Waals surface area contributed by atoms with Crippen LogP contribution in [0, 0.1) is 24.0 Å². The van der Waals surface area contributed by atoms with Gasteiger partial charge in [0.1, 0.15) is 12.6 Å². The number of ether oxygens (including phenoxy) is 1. The molecule has 3 rings (SSSR count). The highest BCUT2D eigenvalue weighted by Crippen LogP contribution is 2.17. The zero-order valence-corrected chi connectivity index (χ0v) is 18.4. The Labute approximate surface area is 191 Å². The lowest BCUT2D eigenvalue weighted by Crippen LogP contribution is -2.45. The van der Waals surface area contributed by atoms with Gasteiger partial charge in [0.05, 0.1) is 4.92 Å². The quantitative estimate of drug-likeness (QED) is 0.385. The molecule has 0 saturated heterocycles. The molecule has 2 N–H and O–H groups in total. The molecule has 0 aliphatic heterocycles. The molecule has 8 heteroatoms. The van der Waals surface area contributed by atoms with Crippen molar-refractivity contribution in [2.75, 3.05) is 5.32 Å².